The Morgan fingerprint density at radius 1 is 1.28 bits per heavy atom. The van der Waals surface area contributed by atoms with Gasteiger partial charge in [-0.25, -0.2) is 0 Å². The summed E-state index contributed by atoms with van der Waals surface area (Å²) < 4.78 is 0. The minimum absolute atomic E-state index is 0.388. The van der Waals surface area contributed by atoms with Gasteiger partial charge in [-0.15, -0.1) is 0 Å². The minimum atomic E-state index is -0.388. The molecule has 1 N–H and O–H groups in total. The summed E-state index contributed by atoms with van der Waals surface area (Å²) in [6.07, 6.45) is 3.37. The van der Waals surface area contributed by atoms with Crippen LogP contribution in [0.5, 0.6) is 0 Å². The molecule has 1 aromatic carbocycles. The molecule has 1 aliphatic heterocycles. The molecular weight excluding hydrogens is 222 g/mol. The van der Waals surface area contributed by atoms with Crippen molar-refractivity contribution in [3.05, 3.63) is 29.8 Å². The maximum absolute atomic E-state index is 9.86. The van der Waals surface area contributed by atoms with Gasteiger partial charge in [-0.05, 0) is 31.2 Å². The molecule has 100 valence electrons. The van der Waals surface area contributed by atoms with Gasteiger partial charge in [0.25, 0.3) is 0 Å². The topological polar surface area (TPSA) is 23.5 Å². The Hall–Kier alpha value is -1.02. The lowest BCUT2D eigenvalue weighted by molar-refractivity contribution is 0.198. The average Bonchev–Trinajstić information content (AvgIpc) is 2.39. The first-order valence-corrected chi connectivity index (χ1v) is 7.08. The zero-order chi connectivity index (χ0) is 13.2. The molecule has 2 rings (SSSR count). The Kier molecular flexibility index (Phi) is 3.96. The summed E-state index contributed by atoms with van der Waals surface area (Å²) in [6.45, 7) is 8.74. The van der Waals surface area contributed by atoms with Crippen LogP contribution in [0.4, 0.5) is 5.69 Å². The van der Waals surface area contributed by atoms with Crippen LogP contribution in [0.25, 0.3) is 0 Å². The molecule has 0 saturated carbocycles. The predicted molar refractivity (Wildman–Crippen MR) is 76.9 cm³/mol. The first kappa shape index (κ1) is 13.4. The van der Waals surface area contributed by atoms with Crippen LogP contribution in [0.1, 0.15) is 51.7 Å². The van der Waals surface area contributed by atoms with Crippen LogP contribution in [0.15, 0.2) is 24.3 Å². The molecule has 0 aromatic heterocycles. The smallest absolute Gasteiger partial charge is 0.0781 e. The molecule has 1 atom stereocenters. The number of hydrogen-bond acceptors (Lipinski definition) is 2. The fourth-order valence-electron chi connectivity index (χ4n) is 2.77. The van der Waals surface area contributed by atoms with E-state index in [0.717, 1.165) is 18.7 Å². The van der Waals surface area contributed by atoms with Crippen LogP contribution in [-0.2, 0) is 0 Å². The van der Waals surface area contributed by atoms with E-state index >= 15 is 0 Å². The molecule has 0 unspecified atom stereocenters. The second-order valence-electron chi connectivity index (χ2n) is 5.89. The number of nitrogens with zero attached hydrogens (tertiary/aromatic N) is 1. The number of anilines is 1. The van der Waals surface area contributed by atoms with Crippen LogP contribution in [0, 0.1) is 5.41 Å². The van der Waals surface area contributed by atoms with Crippen LogP contribution in [-0.4, -0.2) is 18.2 Å². The summed E-state index contributed by atoms with van der Waals surface area (Å²) >= 11 is 0. The van der Waals surface area contributed by atoms with E-state index < -0.39 is 0 Å². The summed E-state index contributed by atoms with van der Waals surface area (Å²) in [5.74, 6) is 0. The highest BCUT2D eigenvalue weighted by Crippen LogP contribution is 2.37. The average molecular weight is 247 g/mol. The van der Waals surface area contributed by atoms with E-state index in [1.54, 1.807) is 0 Å². The highest BCUT2D eigenvalue weighted by Gasteiger charge is 2.29. The van der Waals surface area contributed by atoms with Crippen molar-refractivity contribution in [3.8, 4) is 0 Å². The van der Waals surface area contributed by atoms with Gasteiger partial charge in [-0.2, -0.15) is 0 Å². The van der Waals surface area contributed by atoms with E-state index in [1.807, 2.05) is 19.1 Å². The van der Waals surface area contributed by atoms with Gasteiger partial charge in [0.2, 0.25) is 0 Å². The van der Waals surface area contributed by atoms with Gasteiger partial charge in [0.1, 0.15) is 0 Å². The fourth-order valence-corrected chi connectivity index (χ4v) is 2.77. The van der Waals surface area contributed by atoms with Crippen molar-refractivity contribution in [1.82, 2.24) is 0 Å². The van der Waals surface area contributed by atoms with Gasteiger partial charge in [0, 0.05) is 24.3 Å². The minimum Gasteiger partial charge on any atom is -0.389 e. The molecule has 2 nitrogen and oxygen atoms in total. The molecule has 0 bridgehead atoms. The van der Waals surface area contributed by atoms with Crippen molar-refractivity contribution in [2.24, 2.45) is 5.41 Å². The zero-order valence-electron chi connectivity index (χ0n) is 11.8. The van der Waals surface area contributed by atoms with Crippen LogP contribution in [0.3, 0.4) is 0 Å². The third kappa shape index (κ3) is 2.69. The van der Waals surface area contributed by atoms with E-state index in [-0.39, 0.29) is 6.10 Å². The Morgan fingerprint density at radius 3 is 2.44 bits per heavy atom. The Morgan fingerprint density at radius 2 is 1.89 bits per heavy atom. The van der Waals surface area contributed by atoms with Crippen molar-refractivity contribution in [2.45, 2.75) is 46.1 Å². The number of aliphatic hydroxyl groups is 1. The summed E-state index contributed by atoms with van der Waals surface area (Å²) in [6, 6.07) is 8.24. The van der Waals surface area contributed by atoms with Gasteiger partial charge in [0.15, 0.2) is 0 Å². The standard InChI is InChI=1S/C16H25NO/c1-4-16(3)9-11-17(12-10-16)15-8-6-5-7-14(15)13(2)18/h5-8,13,18H,4,9-12H2,1-3H3/t13-/m0/s1. The van der Waals surface area contributed by atoms with Crippen LogP contribution >= 0.6 is 0 Å². The van der Waals surface area contributed by atoms with Gasteiger partial charge in [0.05, 0.1) is 6.10 Å². The quantitative estimate of drug-likeness (QED) is 0.879. The number of para-hydroxylation sites is 1. The summed E-state index contributed by atoms with van der Waals surface area (Å²) in [5, 5.41) is 9.86. The molecule has 0 radical (unpaired) electrons. The van der Waals surface area contributed by atoms with Crippen molar-refractivity contribution in [3.63, 3.8) is 0 Å². The van der Waals surface area contributed by atoms with Gasteiger partial charge in [-0.3, -0.25) is 0 Å². The largest absolute Gasteiger partial charge is 0.389 e. The zero-order valence-corrected chi connectivity index (χ0v) is 11.8. The molecule has 18 heavy (non-hydrogen) atoms. The van der Waals surface area contributed by atoms with Gasteiger partial charge >= 0.3 is 0 Å². The van der Waals surface area contributed by atoms with E-state index in [1.165, 1.54) is 24.9 Å². The SMILES string of the molecule is CCC1(C)CCN(c2ccccc2[C@H](C)O)CC1. The van der Waals surface area contributed by atoms with E-state index in [9.17, 15) is 5.11 Å². The Balaban J connectivity index is 2.15. The second-order valence-corrected chi connectivity index (χ2v) is 5.89. The maximum atomic E-state index is 9.86. The lowest BCUT2D eigenvalue weighted by atomic mass is 9.78. The first-order valence-electron chi connectivity index (χ1n) is 7.08. The molecule has 1 heterocycles. The third-order valence-corrected chi connectivity index (χ3v) is 4.55. The fraction of sp³-hybridized carbons (Fsp3) is 0.625. The third-order valence-electron chi connectivity index (χ3n) is 4.55. The van der Waals surface area contributed by atoms with Gasteiger partial charge < -0.3 is 10.0 Å². The highest BCUT2D eigenvalue weighted by atomic mass is 16.3. The van der Waals surface area contributed by atoms with E-state index in [0.29, 0.717) is 5.41 Å². The molecule has 1 saturated heterocycles. The van der Waals surface area contributed by atoms with Crippen molar-refractivity contribution in [2.75, 3.05) is 18.0 Å². The number of rotatable bonds is 3. The highest BCUT2D eigenvalue weighted by molar-refractivity contribution is 5.54. The molecule has 0 aliphatic carbocycles. The van der Waals surface area contributed by atoms with Crippen molar-refractivity contribution in [1.29, 1.82) is 0 Å². The van der Waals surface area contributed by atoms with Crippen LogP contribution < -0.4 is 4.90 Å². The summed E-state index contributed by atoms with van der Waals surface area (Å²) in [5.41, 5.74) is 2.78. The van der Waals surface area contributed by atoms with Crippen molar-refractivity contribution >= 4 is 5.69 Å². The van der Waals surface area contributed by atoms with E-state index in [4.69, 9.17) is 0 Å². The molecule has 1 aromatic rings. The predicted octanol–water partition coefficient (Wildman–Crippen LogP) is 3.76. The number of hydrogen-bond donors (Lipinski definition) is 1. The normalized spacial score (nSPS) is 20.8. The molecule has 2 heteroatoms. The second kappa shape index (κ2) is 5.31. The summed E-state index contributed by atoms with van der Waals surface area (Å²) in [7, 11) is 0. The van der Waals surface area contributed by atoms with E-state index in [2.05, 4.69) is 30.9 Å². The Bertz CT molecular complexity index is 392. The molecule has 0 spiro atoms. The maximum Gasteiger partial charge on any atom is 0.0781 e. The Labute approximate surface area is 111 Å². The van der Waals surface area contributed by atoms with Crippen LogP contribution in [0.2, 0.25) is 0 Å². The molecule has 1 aliphatic rings. The van der Waals surface area contributed by atoms with Crippen molar-refractivity contribution < 1.29 is 5.11 Å². The summed E-state index contributed by atoms with van der Waals surface area (Å²) in [4.78, 5) is 2.43. The molecule has 0 amide bonds. The monoisotopic (exact) mass is 247 g/mol. The number of aliphatic hydroxyl groups excluding tert-OH is 1. The lowest BCUT2D eigenvalue weighted by Gasteiger charge is -2.40. The molecule has 1 fully saturated rings. The lowest BCUT2D eigenvalue weighted by Crippen LogP contribution is -2.38. The number of piperidine rings is 1. The first-order chi connectivity index (χ1) is 8.56. The molecular formula is C16H25NO. The number of benzene rings is 1. The van der Waals surface area contributed by atoms with Gasteiger partial charge in [-0.1, -0.05) is 38.5 Å².